The predicted molar refractivity (Wildman–Crippen MR) is 87.2 cm³/mol. The Labute approximate surface area is 130 Å². The zero-order valence-electron chi connectivity index (χ0n) is 12.5. The summed E-state index contributed by atoms with van der Waals surface area (Å²) < 4.78 is 5.24. The lowest BCUT2D eigenvalue weighted by atomic mass is 10.1. The van der Waals surface area contributed by atoms with Crippen LogP contribution in [0.15, 0.2) is 42.5 Å². The molecule has 0 amide bonds. The van der Waals surface area contributed by atoms with Gasteiger partial charge in [-0.05, 0) is 42.3 Å². The Hall–Kier alpha value is -1.71. The van der Waals surface area contributed by atoms with Crippen molar-refractivity contribution in [2.24, 2.45) is 0 Å². The predicted octanol–water partition coefficient (Wildman–Crippen LogP) is 4.04. The fourth-order valence-corrected chi connectivity index (χ4v) is 2.56. The average molecular weight is 306 g/mol. The molecule has 0 spiro atoms. The van der Waals surface area contributed by atoms with Crippen LogP contribution in [0.4, 0.5) is 5.69 Å². The third-order valence-corrected chi connectivity index (χ3v) is 3.72. The van der Waals surface area contributed by atoms with Crippen LogP contribution < -0.4 is 9.64 Å². The van der Waals surface area contributed by atoms with E-state index in [9.17, 15) is 5.11 Å². The molecule has 2 rings (SSSR count). The highest BCUT2D eigenvalue weighted by Crippen LogP contribution is 2.29. The number of benzene rings is 2. The molecule has 2 aromatic carbocycles. The Balaban J connectivity index is 2.18. The third-order valence-electron chi connectivity index (χ3n) is 3.42. The van der Waals surface area contributed by atoms with Gasteiger partial charge in [-0.2, -0.15) is 0 Å². The van der Waals surface area contributed by atoms with Gasteiger partial charge in [-0.15, -0.1) is 0 Å². The largest absolute Gasteiger partial charge is 0.497 e. The molecule has 0 bridgehead atoms. The normalized spacial score (nSPS) is 12.0. The lowest BCUT2D eigenvalue weighted by Crippen LogP contribution is -2.17. The maximum absolute atomic E-state index is 9.58. The van der Waals surface area contributed by atoms with Gasteiger partial charge in [-0.1, -0.05) is 29.8 Å². The van der Waals surface area contributed by atoms with Gasteiger partial charge in [0.25, 0.3) is 0 Å². The fraction of sp³-hybridized carbons (Fsp3) is 0.294. The summed E-state index contributed by atoms with van der Waals surface area (Å²) in [4.78, 5) is 2.07. The Bertz CT molecular complexity index is 613. The molecule has 0 unspecified atom stereocenters. The van der Waals surface area contributed by atoms with Crippen molar-refractivity contribution in [1.82, 2.24) is 0 Å². The van der Waals surface area contributed by atoms with Crippen molar-refractivity contribution in [2.75, 3.05) is 19.1 Å². The Morgan fingerprint density at radius 3 is 2.62 bits per heavy atom. The van der Waals surface area contributed by atoms with Crippen molar-refractivity contribution < 1.29 is 9.84 Å². The van der Waals surface area contributed by atoms with Crippen LogP contribution in [0, 0.1) is 0 Å². The SMILES string of the molecule is COc1cccc(CN(C)c2ccc([C@@H](C)O)cc2Cl)c1. The van der Waals surface area contributed by atoms with Crippen molar-refractivity contribution in [2.45, 2.75) is 19.6 Å². The van der Waals surface area contributed by atoms with Crippen molar-refractivity contribution in [3.05, 3.63) is 58.6 Å². The second-order valence-electron chi connectivity index (χ2n) is 5.09. The van der Waals surface area contributed by atoms with Gasteiger partial charge in [0.2, 0.25) is 0 Å². The maximum Gasteiger partial charge on any atom is 0.119 e. The summed E-state index contributed by atoms with van der Waals surface area (Å²) in [7, 11) is 3.65. The van der Waals surface area contributed by atoms with Gasteiger partial charge >= 0.3 is 0 Å². The monoisotopic (exact) mass is 305 g/mol. The van der Waals surface area contributed by atoms with Crippen molar-refractivity contribution >= 4 is 17.3 Å². The minimum Gasteiger partial charge on any atom is -0.497 e. The summed E-state index contributed by atoms with van der Waals surface area (Å²) in [5.74, 6) is 0.844. The van der Waals surface area contributed by atoms with Gasteiger partial charge in [0.15, 0.2) is 0 Å². The lowest BCUT2D eigenvalue weighted by molar-refractivity contribution is 0.199. The second kappa shape index (κ2) is 6.83. The number of methoxy groups -OCH3 is 1. The third kappa shape index (κ3) is 3.90. The highest BCUT2D eigenvalue weighted by Gasteiger charge is 2.10. The van der Waals surface area contributed by atoms with E-state index in [4.69, 9.17) is 16.3 Å². The number of anilines is 1. The van der Waals surface area contributed by atoms with Crippen molar-refractivity contribution in [3.8, 4) is 5.75 Å². The molecule has 0 radical (unpaired) electrons. The summed E-state index contributed by atoms with van der Waals surface area (Å²) in [6.07, 6.45) is -0.514. The molecule has 21 heavy (non-hydrogen) atoms. The molecule has 1 N–H and O–H groups in total. The van der Waals surface area contributed by atoms with Gasteiger partial charge in [0.1, 0.15) is 5.75 Å². The van der Waals surface area contributed by atoms with Gasteiger partial charge in [0, 0.05) is 13.6 Å². The van der Waals surface area contributed by atoms with Crippen molar-refractivity contribution in [3.63, 3.8) is 0 Å². The van der Waals surface area contributed by atoms with Crippen LogP contribution in [-0.2, 0) is 6.54 Å². The fourth-order valence-electron chi connectivity index (χ4n) is 2.22. The summed E-state index contributed by atoms with van der Waals surface area (Å²) in [6.45, 7) is 2.45. The van der Waals surface area contributed by atoms with E-state index in [1.807, 2.05) is 43.4 Å². The van der Waals surface area contributed by atoms with Gasteiger partial charge in [-0.25, -0.2) is 0 Å². The average Bonchev–Trinajstić information content (AvgIpc) is 2.47. The molecule has 112 valence electrons. The van der Waals surface area contributed by atoms with Crippen LogP contribution in [0.1, 0.15) is 24.2 Å². The zero-order chi connectivity index (χ0) is 15.4. The Morgan fingerprint density at radius 2 is 2.00 bits per heavy atom. The van der Waals surface area contributed by atoms with Crippen molar-refractivity contribution in [1.29, 1.82) is 0 Å². The van der Waals surface area contributed by atoms with E-state index >= 15 is 0 Å². The molecule has 0 aliphatic rings. The first-order valence-electron chi connectivity index (χ1n) is 6.83. The van der Waals surface area contributed by atoms with Crippen LogP contribution in [0.5, 0.6) is 5.75 Å². The molecule has 1 atom stereocenters. The van der Waals surface area contributed by atoms with E-state index in [0.29, 0.717) is 5.02 Å². The Morgan fingerprint density at radius 1 is 1.24 bits per heavy atom. The molecule has 0 aromatic heterocycles. The minimum atomic E-state index is -0.514. The molecule has 0 heterocycles. The van der Waals surface area contributed by atoms with Gasteiger partial charge in [-0.3, -0.25) is 0 Å². The van der Waals surface area contributed by atoms with Crippen LogP contribution in [0.25, 0.3) is 0 Å². The first-order chi connectivity index (χ1) is 10.0. The number of nitrogens with zero attached hydrogens (tertiary/aromatic N) is 1. The van der Waals surface area contributed by atoms with Crippen LogP contribution >= 0.6 is 11.6 Å². The highest BCUT2D eigenvalue weighted by molar-refractivity contribution is 6.33. The van der Waals surface area contributed by atoms with Gasteiger partial charge in [0.05, 0.1) is 23.9 Å². The van der Waals surface area contributed by atoms with E-state index in [1.54, 1.807) is 14.0 Å². The smallest absolute Gasteiger partial charge is 0.119 e. The topological polar surface area (TPSA) is 32.7 Å². The summed E-state index contributed by atoms with van der Waals surface area (Å²) in [5, 5.41) is 10.2. The number of aliphatic hydroxyl groups excluding tert-OH is 1. The quantitative estimate of drug-likeness (QED) is 0.905. The van der Waals surface area contributed by atoms with E-state index < -0.39 is 6.10 Å². The lowest BCUT2D eigenvalue weighted by Gasteiger charge is -2.22. The highest BCUT2D eigenvalue weighted by atomic mass is 35.5. The summed E-state index contributed by atoms with van der Waals surface area (Å²) in [5.41, 5.74) is 2.90. The molecule has 0 fully saturated rings. The molecule has 0 aliphatic heterocycles. The van der Waals surface area contributed by atoms with Crippen LogP contribution in [0.3, 0.4) is 0 Å². The molecule has 0 saturated carbocycles. The number of hydrogen-bond acceptors (Lipinski definition) is 3. The standard InChI is InChI=1S/C17H20ClNO2/c1-12(20)14-7-8-17(16(18)10-14)19(2)11-13-5-4-6-15(9-13)21-3/h4-10,12,20H,11H2,1-3H3/t12-/m1/s1. The molecule has 4 heteroatoms. The van der Waals surface area contributed by atoms with Gasteiger partial charge < -0.3 is 14.7 Å². The molecular formula is C17H20ClNO2. The molecular weight excluding hydrogens is 286 g/mol. The van der Waals surface area contributed by atoms with E-state index in [0.717, 1.165) is 29.1 Å². The Kier molecular flexibility index (Phi) is 5.10. The zero-order valence-corrected chi connectivity index (χ0v) is 13.3. The molecule has 0 saturated heterocycles. The minimum absolute atomic E-state index is 0.514. The number of rotatable bonds is 5. The van der Waals surface area contributed by atoms with Crippen LogP contribution in [0.2, 0.25) is 5.02 Å². The molecule has 2 aromatic rings. The van der Waals surface area contributed by atoms with E-state index in [-0.39, 0.29) is 0 Å². The molecule has 0 aliphatic carbocycles. The van der Waals surface area contributed by atoms with E-state index in [1.165, 1.54) is 0 Å². The molecule has 3 nitrogen and oxygen atoms in total. The van der Waals surface area contributed by atoms with Crippen LogP contribution in [-0.4, -0.2) is 19.3 Å². The first kappa shape index (κ1) is 15.7. The second-order valence-corrected chi connectivity index (χ2v) is 5.50. The first-order valence-corrected chi connectivity index (χ1v) is 7.20. The number of aliphatic hydroxyl groups is 1. The van der Waals surface area contributed by atoms with E-state index in [2.05, 4.69) is 11.0 Å². The number of ether oxygens (including phenoxy) is 1. The number of hydrogen-bond donors (Lipinski definition) is 1. The number of halogens is 1. The summed E-state index contributed by atoms with van der Waals surface area (Å²) >= 11 is 6.32. The maximum atomic E-state index is 9.58. The summed E-state index contributed by atoms with van der Waals surface area (Å²) in [6, 6.07) is 13.6.